The van der Waals surface area contributed by atoms with Crippen LogP contribution in [0, 0.1) is 0 Å². The Hall–Kier alpha value is -1.85. The average molecular weight is 397 g/mol. The minimum Gasteiger partial charge on any atom is -0.462 e. The Morgan fingerprint density at radius 3 is 2.61 bits per heavy atom. The Morgan fingerprint density at radius 2 is 1.91 bits per heavy atom. The summed E-state index contributed by atoms with van der Waals surface area (Å²) in [6, 6.07) is 11.7. The summed E-state index contributed by atoms with van der Waals surface area (Å²) in [6.45, 7) is 2.23. The zero-order valence-corrected chi connectivity index (χ0v) is 14.8. The van der Waals surface area contributed by atoms with Gasteiger partial charge in [-0.25, -0.2) is 4.79 Å². The van der Waals surface area contributed by atoms with Crippen LogP contribution in [0.15, 0.2) is 46.9 Å². The van der Waals surface area contributed by atoms with Crippen molar-refractivity contribution in [3.05, 3.63) is 63.1 Å². The molecule has 2 aromatic rings. The maximum absolute atomic E-state index is 12.4. The van der Waals surface area contributed by atoms with Gasteiger partial charge in [0.15, 0.2) is 0 Å². The Labute approximate surface area is 147 Å². The molecule has 2 rings (SSSR count). The molecule has 0 aliphatic rings. The molecule has 0 spiro atoms. The van der Waals surface area contributed by atoms with Gasteiger partial charge in [0.2, 0.25) is 0 Å². The minimum absolute atomic E-state index is 0.267. The van der Waals surface area contributed by atoms with E-state index >= 15 is 0 Å². The number of carbonyl (C=O) groups is 2. The van der Waals surface area contributed by atoms with Crippen molar-refractivity contribution >= 4 is 45.1 Å². The standard InChI is InChI=1S/C17H15BrClNO3/c1-2-9-23-17(22)13-8-7-11(19)10-15(13)20-16(21)12-5-3-4-6-14(12)18/h3-8,10H,2,9H2,1H3,(H,20,21). The second kappa shape index (κ2) is 8.13. The van der Waals surface area contributed by atoms with E-state index in [9.17, 15) is 9.59 Å². The van der Waals surface area contributed by atoms with Crippen LogP contribution in [0.2, 0.25) is 5.02 Å². The Kier molecular flexibility index (Phi) is 6.19. The quantitative estimate of drug-likeness (QED) is 0.730. The smallest absolute Gasteiger partial charge is 0.340 e. The predicted molar refractivity (Wildman–Crippen MR) is 94.1 cm³/mol. The number of ether oxygens (including phenoxy) is 1. The van der Waals surface area contributed by atoms with E-state index in [1.807, 2.05) is 13.0 Å². The van der Waals surface area contributed by atoms with Gasteiger partial charge >= 0.3 is 5.97 Å². The average Bonchev–Trinajstić information content (AvgIpc) is 2.53. The van der Waals surface area contributed by atoms with Gasteiger partial charge in [0.25, 0.3) is 5.91 Å². The molecule has 0 aliphatic heterocycles. The van der Waals surface area contributed by atoms with E-state index in [0.29, 0.717) is 27.4 Å². The van der Waals surface area contributed by atoms with Gasteiger partial charge in [-0.15, -0.1) is 0 Å². The lowest BCUT2D eigenvalue weighted by Crippen LogP contribution is -2.16. The fourth-order valence-electron chi connectivity index (χ4n) is 1.91. The van der Waals surface area contributed by atoms with Crippen molar-refractivity contribution in [3.63, 3.8) is 0 Å². The zero-order chi connectivity index (χ0) is 16.8. The van der Waals surface area contributed by atoms with Crippen LogP contribution in [-0.4, -0.2) is 18.5 Å². The third-order valence-electron chi connectivity index (χ3n) is 3.01. The number of rotatable bonds is 5. The number of hydrogen-bond donors (Lipinski definition) is 1. The van der Waals surface area contributed by atoms with Crippen LogP contribution in [0.1, 0.15) is 34.1 Å². The molecule has 0 aliphatic carbocycles. The van der Waals surface area contributed by atoms with Crippen molar-refractivity contribution in [2.75, 3.05) is 11.9 Å². The van der Waals surface area contributed by atoms with Crippen molar-refractivity contribution in [1.82, 2.24) is 0 Å². The van der Waals surface area contributed by atoms with Crippen molar-refractivity contribution in [3.8, 4) is 0 Å². The molecule has 0 radical (unpaired) electrons. The molecule has 0 saturated carbocycles. The molecule has 1 amide bonds. The van der Waals surface area contributed by atoms with E-state index in [2.05, 4.69) is 21.2 Å². The summed E-state index contributed by atoms with van der Waals surface area (Å²) in [6.07, 6.45) is 0.720. The summed E-state index contributed by atoms with van der Waals surface area (Å²) < 4.78 is 5.79. The summed E-state index contributed by atoms with van der Waals surface area (Å²) in [5.74, 6) is -0.838. The first-order valence-corrected chi connectivity index (χ1v) is 8.22. The van der Waals surface area contributed by atoms with E-state index in [1.54, 1.807) is 24.3 Å². The van der Waals surface area contributed by atoms with Gasteiger partial charge in [0.05, 0.1) is 23.4 Å². The second-order valence-corrected chi connectivity index (χ2v) is 6.05. The third kappa shape index (κ3) is 4.56. The summed E-state index contributed by atoms with van der Waals surface area (Å²) in [7, 11) is 0. The third-order valence-corrected chi connectivity index (χ3v) is 3.93. The number of halogens is 2. The summed E-state index contributed by atoms with van der Waals surface area (Å²) in [4.78, 5) is 24.5. The van der Waals surface area contributed by atoms with Crippen LogP contribution in [0.4, 0.5) is 5.69 Å². The molecule has 0 aromatic heterocycles. The molecule has 0 fully saturated rings. The van der Waals surface area contributed by atoms with E-state index < -0.39 is 5.97 Å². The van der Waals surface area contributed by atoms with Gasteiger partial charge < -0.3 is 10.1 Å². The van der Waals surface area contributed by atoms with Crippen LogP contribution in [-0.2, 0) is 4.74 Å². The molecule has 0 heterocycles. The molecule has 0 saturated heterocycles. The Bertz CT molecular complexity index is 734. The highest BCUT2D eigenvalue weighted by Gasteiger charge is 2.17. The number of nitrogens with one attached hydrogen (secondary N) is 1. The fraction of sp³-hybridized carbons (Fsp3) is 0.176. The van der Waals surface area contributed by atoms with Crippen molar-refractivity contribution in [2.24, 2.45) is 0 Å². The summed E-state index contributed by atoms with van der Waals surface area (Å²) in [5, 5.41) is 3.13. The van der Waals surface area contributed by atoms with Crippen molar-refractivity contribution < 1.29 is 14.3 Å². The molecule has 1 N–H and O–H groups in total. The lowest BCUT2D eigenvalue weighted by atomic mass is 10.1. The maximum atomic E-state index is 12.4. The van der Waals surface area contributed by atoms with Crippen LogP contribution < -0.4 is 5.32 Å². The molecule has 0 atom stereocenters. The molecule has 120 valence electrons. The molecule has 0 bridgehead atoms. The monoisotopic (exact) mass is 395 g/mol. The fourth-order valence-corrected chi connectivity index (χ4v) is 2.54. The lowest BCUT2D eigenvalue weighted by molar-refractivity contribution is 0.0506. The molecular weight excluding hydrogens is 382 g/mol. The van der Waals surface area contributed by atoms with Crippen LogP contribution in [0.3, 0.4) is 0 Å². The Morgan fingerprint density at radius 1 is 1.17 bits per heavy atom. The first-order valence-electron chi connectivity index (χ1n) is 7.05. The SMILES string of the molecule is CCCOC(=O)c1ccc(Cl)cc1NC(=O)c1ccccc1Br. The highest BCUT2D eigenvalue weighted by molar-refractivity contribution is 9.10. The number of amides is 1. The van der Waals surface area contributed by atoms with E-state index in [-0.39, 0.29) is 11.5 Å². The molecule has 2 aromatic carbocycles. The first-order chi connectivity index (χ1) is 11.0. The molecule has 0 unspecified atom stereocenters. The van der Waals surface area contributed by atoms with Gasteiger partial charge in [-0.2, -0.15) is 0 Å². The highest BCUT2D eigenvalue weighted by Crippen LogP contribution is 2.24. The molecular formula is C17H15BrClNO3. The summed E-state index contributed by atoms with van der Waals surface area (Å²) in [5.41, 5.74) is 1.04. The minimum atomic E-state index is -0.494. The zero-order valence-electron chi connectivity index (χ0n) is 12.4. The summed E-state index contributed by atoms with van der Waals surface area (Å²) >= 11 is 9.30. The van der Waals surface area contributed by atoms with E-state index in [0.717, 1.165) is 6.42 Å². The highest BCUT2D eigenvalue weighted by atomic mass is 79.9. The predicted octanol–water partition coefficient (Wildman–Crippen LogP) is 4.92. The number of carbonyl (C=O) groups excluding carboxylic acids is 2. The van der Waals surface area contributed by atoms with Gasteiger partial charge in [0.1, 0.15) is 0 Å². The van der Waals surface area contributed by atoms with Gasteiger partial charge in [0, 0.05) is 9.50 Å². The van der Waals surface area contributed by atoms with Gasteiger partial charge in [-0.1, -0.05) is 30.7 Å². The largest absolute Gasteiger partial charge is 0.462 e. The van der Waals surface area contributed by atoms with Crippen molar-refractivity contribution in [2.45, 2.75) is 13.3 Å². The lowest BCUT2D eigenvalue weighted by Gasteiger charge is -2.12. The van der Waals surface area contributed by atoms with Crippen molar-refractivity contribution in [1.29, 1.82) is 0 Å². The van der Waals surface area contributed by atoms with E-state index in [4.69, 9.17) is 16.3 Å². The van der Waals surface area contributed by atoms with Crippen LogP contribution >= 0.6 is 27.5 Å². The van der Waals surface area contributed by atoms with Gasteiger partial charge in [-0.3, -0.25) is 4.79 Å². The van der Waals surface area contributed by atoms with Crippen LogP contribution in [0.5, 0.6) is 0 Å². The Balaban J connectivity index is 2.28. The number of anilines is 1. The first kappa shape index (κ1) is 17.5. The number of benzene rings is 2. The van der Waals surface area contributed by atoms with Gasteiger partial charge in [-0.05, 0) is 52.7 Å². The number of hydrogen-bond acceptors (Lipinski definition) is 3. The number of esters is 1. The molecule has 23 heavy (non-hydrogen) atoms. The van der Waals surface area contributed by atoms with E-state index in [1.165, 1.54) is 12.1 Å². The second-order valence-electron chi connectivity index (χ2n) is 4.76. The normalized spacial score (nSPS) is 10.2. The topological polar surface area (TPSA) is 55.4 Å². The van der Waals surface area contributed by atoms with Crippen LogP contribution in [0.25, 0.3) is 0 Å². The maximum Gasteiger partial charge on any atom is 0.340 e. The molecule has 4 nitrogen and oxygen atoms in total. The molecule has 6 heteroatoms.